The lowest BCUT2D eigenvalue weighted by molar-refractivity contribution is -0.131. The molecule has 1 N–H and O–H groups in total. The van der Waals surface area contributed by atoms with Crippen LogP contribution in [0.25, 0.3) is 0 Å². The van der Waals surface area contributed by atoms with Crippen LogP contribution in [0.4, 0.5) is 0 Å². The topological polar surface area (TPSA) is 88.3 Å². The van der Waals surface area contributed by atoms with E-state index in [1.54, 1.807) is 4.90 Å². The van der Waals surface area contributed by atoms with Crippen LogP contribution in [0.1, 0.15) is 48.8 Å². The van der Waals surface area contributed by atoms with E-state index in [1.165, 1.54) is 4.68 Å². The van der Waals surface area contributed by atoms with E-state index in [4.69, 9.17) is 5.11 Å². The molecule has 1 aromatic heterocycles. The zero-order valence-corrected chi connectivity index (χ0v) is 11.2. The van der Waals surface area contributed by atoms with Gasteiger partial charge >= 0.3 is 5.97 Å². The molecule has 1 amide bonds. The van der Waals surface area contributed by atoms with E-state index < -0.39 is 5.97 Å². The van der Waals surface area contributed by atoms with Crippen molar-refractivity contribution in [1.82, 2.24) is 19.9 Å². The smallest absolute Gasteiger partial charge is 0.358 e. The third-order valence-electron chi connectivity index (χ3n) is 3.27. The van der Waals surface area contributed by atoms with Crippen LogP contribution in [0.5, 0.6) is 0 Å². The van der Waals surface area contributed by atoms with Crippen molar-refractivity contribution < 1.29 is 14.7 Å². The molecule has 0 radical (unpaired) electrons. The molecular weight excluding hydrogens is 248 g/mol. The lowest BCUT2D eigenvalue weighted by atomic mass is 10.1. The Morgan fingerprint density at radius 3 is 2.47 bits per heavy atom. The Morgan fingerprint density at radius 2 is 1.95 bits per heavy atom. The van der Waals surface area contributed by atoms with Crippen LogP contribution in [0.3, 0.4) is 0 Å². The number of amides is 1. The van der Waals surface area contributed by atoms with Gasteiger partial charge < -0.3 is 10.0 Å². The second kappa shape index (κ2) is 5.38. The summed E-state index contributed by atoms with van der Waals surface area (Å²) in [4.78, 5) is 24.9. The number of carboxylic acids is 1. The maximum atomic E-state index is 12.1. The van der Waals surface area contributed by atoms with E-state index in [0.29, 0.717) is 5.69 Å². The Kier molecular flexibility index (Phi) is 3.82. The van der Waals surface area contributed by atoms with Gasteiger partial charge in [0.25, 0.3) is 0 Å². The fourth-order valence-corrected chi connectivity index (χ4v) is 2.36. The first-order valence-corrected chi connectivity index (χ1v) is 6.45. The van der Waals surface area contributed by atoms with E-state index in [9.17, 15) is 9.59 Å². The number of carboxylic acid groups (broad SMARTS) is 1. The summed E-state index contributed by atoms with van der Waals surface area (Å²) in [6.07, 6.45) is 2.06. The molecular formula is C12H18N4O3. The number of carbonyl (C=O) groups excluding carboxylic acids is 1. The van der Waals surface area contributed by atoms with Gasteiger partial charge in [-0.25, -0.2) is 9.48 Å². The fourth-order valence-electron chi connectivity index (χ4n) is 2.36. The summed E-state index contributed by atoms with van der Waals surface area (Å²) in [6, 6.07) is 0. The first-order chi connectivity index (χ1) is 9.00. The van der Waals surface area contributed by atoms with Gasteiger partial charge in [-0.15, -0.1) is 5.10 Å². The lowest BCUT2D eigenvalue weighted by Crippen LogP contribution is -2.32. The van der Waals surface area contributed by atoms with Crippen molar-refractivity contribution >= 4 is 11.9 Å². The Morgan fingerprint density at radius 1 is 1.32 bits per heavy atom. The molecule has 0 spiro atoms. The molecule has 19 heavy (non-hydrogen) atoms. The van der Waals surface area contributed by atoms with Crippen LogP contribution in [-0.2, 0) is 11.3 Å². The van der Waals surface area contributed by atoms with Crippen LogP contribution < -0.4 is 0 Å². The van der Waals surface area contributed by atoms with Gasteiger partial charge in [0, 0.05) is 13.1 Å². The van der Waals surface area contributed by atoms with Gasteiger partial charge in [0.2, 0.25) is 5.91 Å². The normalized spacial score (nSPS) is 15.2. The van der Waals surface area contributed by atoms with E-state index >= 15 is 0 Å². The Hall–Kier alpha value is -1.92. The molecule has 0 atom stereocenters. The maximum Gasteiger partial charge on any atom is 0.358 e. The lowest BCUT2D eigenvalue weighted by Gasteiger charge is -2.16. The number of hydrogen-bond donors (Lipinski definition) is 1. The third-order valence-corrected chi connectivity index (χ3v) is 3.27. The number of likely N-dealkylation sites (tertiary alicyclic amines) is 1. The van der Waals surface area contributed by atoms with Crippen LogP contribution >= 0.6 is 0 Å². The molecule has 1 aliphatic rings. The monoisotopic (exact) mass is 266 g/mol. The molecule has 1 saturated heterocycles. The van der Waals surface area contributed by atoms with Crippen molar-refractivity contribution in [2.45, 2.75) is 39.2 Å². The van der Waals surface area contributed by atoms with Crippen molar-refractivity contribution in [3.63, 3.8) is 0 Å². The predicted octanol–water partition coefficient (Wildman–Crippen LogP) is 0.722. The molecule has 0 aliphatic carbocycles. The quantitative estimate of drug-likeness (QED) is 0.867. The average Bonchev–Trinajstić information content (AvgIpc) is 2.96. The number of nitrogens with zero attached hydrogens (tertiary/aromatic N) is 4. The van der Waals surface area contributed by atoms with Crippen LogP contribution in [0.2, 0.25) is 0 Å². The molecule has 0 unspecified atom stereocenters. The van der Waals surface area contributed by atoms with Gasteiger partial charge in [-0.05, 0) is 18.8 Å². The first-order valence-electron chi connectivity index (χ1n) is 6.45. The van der Waals surface area contributed by atoms with Crippen LogP contribution in [0, 0.1) is 0 Å². The summed E-state index contributed by atoms with van der Waals surface area (Å²) in [5.41, 5.74) is 0.435. The maximum absolute atomic E-state index is 12.1. The van der Waals surface area contributed by atoms with Gasteiger partial charge in [0.05, 0.1) is 5.69 Å². The Bertz CT molecular complexity index is 489. The summed E-state index contributed by atoms with van der Waals surface area (Å²) < 4.78 is 1.41. The predicted molar refractivity (Wildman–Crippen MR) is 66.9 cm³/mol. The second-order valence-corrected chi connectivity index (χ2v) is 5.03. The SMILES string of the molecule is CC(C)c1c(C(=O)O)nnn1CC(=O)N1CCCC1. The molecule has 0 aromatic carbocycles. The first kappa shape index (κ1) is 13.5. The van der Waals surface area contributed by atoms with Crippen LogP contribution in [0.15, 0.2) is 0 Å². The standard InChI is InChI=1S/C12H18N4O3/c1-8(2)11-10(12(18)19)13-14-16(11)7-9(17)15-5-3-4-6-15/h8H,3-7H2,1-2H3,(H,18,19). The number of hydrogen-bond acceptors (Lipinski definition) is 4. The largest absolute Gasteiger partial charge is 0.476 e. The summed E-state index contributed by atoms with van der Waals surface area (Å²) in [5, 5.41) is 16.5. The highest BCUT2D eigenvalue weighted by atomic mass is 16.4. The molecule has 1 aromatic rings. The molecule has 104 valence electrons. The van der Waals surface area contributed by atoms with Crippen molar-refractivity contribution in [3.8, 4) is 0 Å². The number of rotatable bonds is 4. The molecule has 0 bridgehead atoms. The Labute approximate surface area is 111 Å². The van der Waals surface area contributed by atoms with Crippen LogP contribution in [-0.4, -0.2) is 50.0 Å². The summed E-state index contributed by atoms with van der Waals surface area (Å²) in [5.74, 6) is -1.18. The van der Waals surface area contributed by atoms with Crippen molar-refractivity contribution in [3.05, 3.63) is 11.4 Å². The van der Waals surface area contributed by atoms with Crippen molar-refractivity contribution in [2.24, 2.45) is 0 Å². The van der Waals surface area contributed by atoms with Gasteiger partial charge in [-0.1, -0.05) is 19.1 Å². The zero-order valence-electron chi connectivity index (χ0n) is 11.2. The fraction of sp³-hybridized carbons (Fsp3) is 0.667. The van der Waals surface area contributed by atoms with E-state index in [0.717, 1.165) is 25.9 Å². The third kappa shape index (κ3) is 2.74. The minimum absolute atomic E-state index is 0.0266. The molecule has 2 heterocycles. The molecule has 7 nitrogen and oxygen atoms in total. The minimum atomic E-state index is -1.11. The summed E-state index contributed by atoms with van der Waals surface area (Å²) >= 11 is 0. The van der Waals surface area contributed by atoms with E-state index in [1.807, 2.05) is 13.8 Å². The highest BCUT2D eigenvalue weighted by molar-refractivity contribution is 5.87. The van der Waals surface area contributed by atoms with E-state index in [-0.39, 0.29) is 24.1 Å². The molecule has 1 aliphatic heterocycles. The van der Waals surface area contributed by atoms with Crippen molar-refractivity contribution in [2.75, 3.05) is 13.1 Å². The van der Waals surface area contributed by atoms with Gasteiger partial charge in [-0.3, -0.25) is 4.79 Å². The number of aromatic nitrogens is 3. The molecule has 1 fully saturated rings. The minimum Gasteiger partial charge on any atom is -0.476 e. The zero-order chi connectivity index (χ0) is 14.0. The molecule has 0 saturated carbocycles. The van der Waals surface area contributed by atoms with E-state index in [2.05, 4.69) is 10.3 Å². The van der Waals surface area contributed by atoms with Crippen molar-refractivity contribution in [1.29, 1.82) is 0 Å². The number of carbonyl (C=O) groups is 2. The van der Waals surface area contributed by atoms with Gasteiger partial charge in [0.1, 0.15) is 6.54 Å². The molecule has 7 heteroatoms. The number of aromatic carboxylic acids is 1. The highest BCUT2D eigenvalue weighted by Gasteiger charge is 2.25. The van der Waals surface area contributed by atoms with Gasteiger partial charge in [0.15, 0.2) is 5.69 Å². The second-order valence-electron chi connectivity index (χ2n) is 5.03. The highest BCUT2D eigenvalue weighted by Crippen LogP contribution is 2.18. The summed E-state index contributed by atoms with van der Waals surface area (Å²) in [7, 11) is 0. The average molecular weight is 266 g/mol. The van der Waals surface area contributed by atoms with Gasteiger partial charge in [-0.2, -0.15) is 0 Å². The Balaban J connectivity index is 2.20. The molecule has 2 rings (SSSR count). The summed E-state index contributed by atoms with van der Waals surface area (Å²) in [6.45, 7) is 5.34.